The third-order valence-corrected chi connectivity index (χ3v) is 1.92. The summed E-state index contributed by atoms with van der Waals surface area (Å²) >= 11 is 0. The Labute approximate surface area is 95.8 Å². The minimum absolute atomic E-state index is 0.0573. The van der Waals surface area contributed by atoms with Crippen molar-refractivity contribution in [2.75, 3.05) is 0 Å². The summed E-state index contributed by atoms with van der Waals surface area (Å²) in [6.45, 7) is 1.51. The zero-order valence-corrected chi connectivity index (χ0v) is 8.92. The molecule has 0 heterocycles. The molecule has 0 aliphatic carbocycles. The van der Waals surface area contributed by atoms with E-state index < -0.39 is 28.5 Å². The number of nitro benzene ring substituents is 1. The van der Waals surface area contributed by atoms with Crippen LogP contribution in [0.4, 0.5) is 10.1 Å². The van der Waals surface area contributed by atoms with Gasteiger partial charge in [-0.15, -0.1) is 0 Å². The van der Waals surface area contributed by atoms with Crippen molar-refractivity contribution in [1.29, 1.82) is 0 Å². The van der Waals surface area contributed by atoms with Gasteiger partial charge in [0, 0.05) is 12.1 Å². The SMILES string of the molecule is C[C@H](CC(=O)O)Oc1ccc([N+](=O)[O-])c(F)c1. The molecule has 1 aromatic rings. The first-order valence-electron chi connectivity index (χ1n) is 4.72. The summed E-state index contributed by atoms with van der Waals surface area (Å²) in [7, 11) is 0. The largest absolute Gasteiger partial charge is 0.490 e. The lowest BCUT2D eigenvalue weighted by atomic mass is 10.2. The van der Waals surface area contributed by atoms with Crippen LogP contribution in [0, 0.1) is 15.9 Å². The number of carboxylic acid groups (broad SMARTS) is 1. The Morgan fingerprint density at radius 3 is 2.76 bits per heavy atom. The molecule has 1 aromatic carbocycles. The highest BCUT2D eigenvalue weighted by Gasteiger charge is 2.16. The van der Waals surface area contributed by atoms with Gasteiger partial charge in [-0.25, -0.2) is 0 Å². The van der Waals surface area contributed by atoms with E-state index in [0.717, 1.165) is 12.1 Å². The van der Waals surface area contributed by atoms with E-state index in [1.807, 2.05) is 0 Å². The zero-order valence-electron chi connectivity index (χ0n) is 8.92. The molecule has 0 unspecified atom stereocenters. The van der Waals surface area contributed by atoms with Gasteiger partial charge in [0.05, 0.1) is 11.3 Å². The Bertz CT molecular complexity index is 448. The Kier molecular flexibility index (Phi) is 3.97. The van der Waals surface area contributed by atoms with Crippen molar-refractivity contribution in [3.63, 3.8) is 0 Å². The fourth-order valence-corrected chi connectivity index (χ4v) is 1.23. The van der Waals surface area contributed by atoms with Crippen molar-refractivity contribution in [2.45, 2.75) is 19.4 Å². The van der Waals surface area contributed by atoms with Crippen LogP contribution < -0.4 is 4.74 Å². The maximum atomic E-state index is 13.2. The van der Waals surface area contributed by atoms with Crippen molar-refractivity contribution in [3.05, 3.63) is 34.1 Å². The van der Waals surface area contributed by atoms with Gasteiger partial charge in [0.25, 0.3) is 0 Å². The Morgan fingerprint density at radius 1 is 1.65 bits per heavy atom. The average molecular weight is 243 g/mol. The van der Waals surface area contributed by atoms with Crippen LogP contribution in [0.15, 0.2) is 18.2 Å². The normalized spacial score (nSPS) is 11.9. The monoisotopic (exact) mass is 243 g/mol. The average Bonchev–Trinajstić information content (AvgIpc) is 2.15. The van der Waals surface area contributed by atoms with E-state index in [1.54, 1.807) is 0 Å². The highest BCUT2D eigenvalue weighted by molar-refractivity contribution is 5.67. The molecule has 1 rings (SSSR count). The number of aliphatic carboxylic acids is 1. The lowest BCUT2D eigenvalue weighted by Gasteiger charge is -2.12. The maximum Gasteiger partial charge on any atom is 0.307 e. The molecule has 0 amide bonds. The summed E-state index contributed by atoms with van der Waals surface area (Å²) < 4.78 is 18.3. The Balaban J connectivity index is 2.77. The second-order valence-electron chi connectivity index (χ2n) is 3.40. The van der Waals surface area contributed by atoms with Crippen LogP contribution in [0.25, 0.3) is 0 Å². The van der Waals surface area contributed by atoms with Gasteiger partial charge >= 0.3 is 11.7 Å². The molecular formula is C10H10FNO5. The van der Waals surface area contributed by atoms with Crippen molar-refractivity contribution in [2.24, 2.45) is 0 Å². The van der Waals surface area contributed by atoms with Gasteiger partial charge < -0.3 is 9.84 Å². The van der Waals surface area contributed by atoms with Crippen LogP contribution in [-0.4, -0.2) is 22.1 Å². The fraction of sp³-hybridized carbons (Fsp3) is 0.300. The van der Waals surface area contributed by atoms with E-state index in [1.165, 1.54) is 13.0 Å². The molecule has 0 bridgehead atoms. The molecular weight excluding hydrogens is 233 g/mol. The number of hydrogen-bond acceptors (Lipinski definition) is 4. The van der Waals surface area contributed by atoms with E-state index >= 15 is 0 Å². The summed E-state index contributed by atoms with van der Waals surface area (Å²) in [6.07, 6.45) is -0.883. The van der Waals surface area contributed by atoms with E-state index in [9.17, 15) is 19.3 Å². The first kappa shape index (κ1) is 12.9. The number of halogens is 1. The van der Waals surface area contributed by atoms with Crippen LogP contribution in [0.2, 0.25) is 0 Å². The van der Waals surface area contributed by atoms with Crippen LogP contribution in [0.3, 0.4) is 0 Å². The third kappa shape index (κ3) is 3.71. The van der Waals surface area contributed by atoms with E-state index in [2.05, 4.69) is 0 Å². The van der Waals surface area contributed by atoms with Gasteiger partial charge in [0.1, 0.15) is 11.9 Å². The summed E-state index contributed by atoms with van der Waals surface area (Å²) in [4.78, 5) is 19.9. The highest BCUT2D eigenvalue weighted by Crippen LogP contribution is 2.23. The highest BCUT2D eigenvalue weighted by atomic mass is 19.1. The molecule has 0 radical (unpaired) electrons. The third-order valence-electron chi connectivity index (χ3n) is 1.92. The molecule has 0 aromatic heterocycles. The van der Waals surface area contributed by atoms with E-state index in [4.69, 9.17) is 9.84 Å². The smallest absolute Gasteiger partial charge is 0.307 e. The molecule has 7 heteroatoms. The summed E-state index contributed by atoms with van der Waals surface area (Å²) in [5.41, 5.74) is -0.650. The van der Waals surface area contributed by atoms with E-state index in [0.29, 0.717) is 0 Å². The number of nitrogens with zero attached hydrogens (tertiary/aromatic N) is 1. The molecule has 1 N–H and O–H groups in total. The second-order valence-corrected chi connectivity index (χ2v) is 3.40. The minimum atomic E-state index is -1.04. The van der Waals surface area contributed by atoms with Crippen LogP contribution in [0.5, 0.6) is 5.75 Å². The van der Waals surface area contributed by atoms with Gasteiger partial charge in [-0.3, -0.25) is 14.9 Å². The standard InChI is InChI=1S/C10H10FNO5/c1-6(4-10(13)14)17-7-2-3-9(12(15)16)8(11)5-7/h2-3,5-6H,4H2,1H3,(H,13,14)/t6-/m1/s1. The Morgan fingerprint density at radius 2 is 2.29 bits per heavy atom. The first-order chi connectivity index (χ1) is 7.90. The molecule has 0 saturated heterocycles. The van der Waals surface area contributed by atoms with Gasteiger partial charge in [-0.2, -0.15) is 4.39 Å². The molecule has 0 aliphatic heterocycles. The lowest BCUT2D eigenvalue weighted by Crippen LogP contribution is -2.16. The minimum Gasteiger partial charge on any atom is -0.490 e. The fourth-order valence-electron chi connectivity index (χ4n) is 1.23. The number of carboxylic acids is 1. The molecule has 0 spiro atoms. The van der Waals surface area contributed by atoms with Crippen molar-refractivity contribution >= 4 is 11.7 Å². The first-order valence-corrected chi connectivity index (χ1v) is 4.72. The molecule has 6 nitrogen and oxygen atoms in total. The summed E-state index contributed by atoms with van der Waals surface area (Å²) in [5.74, 6) is -2.00. The van der Waals surface area contributed by atoms with Crippen LogP contribution >= 0.6 is 0 Å². The molecule has 1 atom stereocenters. The number of rotatable bonds is 5. The number of benzene rings is 1. The molecule has 0 fully saturated rings. The molecule has 17 heavy (non-hydrogen) atoms. The second kappa shape index (κ2) is 5.24. The van der Waals surface area contributed by atoms with Gasteiger partial charge in [-0.05, 0) is 13.0 Å². The number of ether oxygens (including phenoxy) is 1. The number of hydrogen-bond donors (Lipinski definition) is 1. The maximum absolute atomic E-state index is 13.2. The summed E-state index contributed by atoms with van der Waals surface area (Å²) in [5, 5.41) is 18.8. The topological polar surface area (TPSA) is 89.7 Å². The van der Waals surface area contributed by atoms with E-state index in [-0.39, 0.29) is 12.2 Å². The van der Waals surface area contributed by atoms with Gasteiger partial charge in [0.15, 0.2) is 0 Å². The summed E-state index contributed by atoms with van der Waals surface area (Å²) in [6, 6.07) is 3.05. The van der Waals surface area contributed by atoms with Crippen molar-refractivity contribution < 1.29 is 24.0 Å². The van der Waals surface area contributed by atoms with Crippen LogP contribution in [0.1, 0.15) is 13.3 Å². The predicted molar refractivity (Wildman–Crippen MR) is 55.4 cm³/mol. The zero-order chi connectivity index (χ0) is 13.0. The quantitative estimate of drug-likeness (QED) is 0.630. The molecule has 0 aliphatic rings. The Hall–Kier alpha value is -2.18. The number of nitro groups is 1. The van der Waals surface area contributed by atoms with Crippen LogP contribution in [-0.2, 0) is 4.79 Å². The molecule has 0 saturated carbocycles. The predicted octanol–water partition coefficient (Wildman–Crippen LogP) is 1.98. The number of carbonyl (C=O) groups is 1. The van der Waals surface area contributed by atoms with Gasteiger partial charge in [-0.1, -0.05) is 0 Å². The van der Waals surface area contributed by atoms with Crippen molar-refractivity contribution in [1.82, 2.24) is 0 Å². The van der Waals surface area contributed by atoms with Gasteiger partial charge in [0.2, 0.25) is 5.82 Å². The van der Waals surface area contributed by atoms with Crippen molar-refractivity contribution in [3.8, 4) is 5.75 Å². The molecule has 92 valence electrons. The lowest BCUT2D eigenvalue weighted by molar-refractivity contribution is -0.387.